The zero-order chi connectivity index (χ0) is 18.8. The molecule has 1 aliphatic rings. The van der Waals surface area contributed by atoms with Crippen molar-refractivity contribution in [2.24, 2.45) is 0 Å². The van der Waals surface area contributed by atoms with Crippen molar-refractivity contribution in [2.75, 3.05) is 12.4 Å². The fraction of sp³-hybridized carbons (Fsp3) is 0.263. The normalized spacial score (nSPS) is 13.4. The second-order valence-corrected chi connectivity index (χ2v) is 7.04. The van der Waals surface area contributed by atoms with E-state index in [0.717, 1.165) is 29.8 Å². The number of tetrazole rings is 1. The number of nitrogens with one attached hydrogen (secondary N) is 1. The molecule has 8 heteroatoms. The number of carbonyl (C=O) groups excluding carboxylic acids is 1. The van der Waals surface area contributed by atoms with Crippen LogP contribution >= 0.6 is 11.6 Å². The molecule has 1 N–H and O–H groups in total. The number of halogens is 1. The molecule has 0 spiro atoms. The first-order chi connectivity index (χ1) is 13.1. The van der Waals surface area contributed by atoms with Crippen molar-refractivity contribution in [2.45, 2.75) is 25.4 Å². The van der Waals surface area contributed by atoms with E-state index in [-0.39, 0.29) is 6.03 Å². The Morgan fingerprint density at radius 1 is 1.22 bits per heavy atom. The summed E-state index contributed by atoms with van der Waals surface area (Å²) >= 11 is 6.16. The van der Waals surface area contributed by atoms with Crippen LogP contribution in [-0.2, 0) is 6.54 Å². The van der Waals surface area contributed by atoms with Crippen LogP contribution in [0.25, 0.3) is 11.4 Å². The Morgan fingerprint density at radius 2 is 1.96 bits per heavy atom. The molecule has 0 bridgehead atoms. The Balaban J connectivity index is 1.41. The SMILES string of the molecule is CN(Cc1ccccc1Cl)C(=O)Nc1ccc(-c2nnnn2C2CC2)cc1. The lowest BCUT2D eigenvalue weighted by Gasteiger charge is -2.19. The van der Waals surface area contributed by atoms with Crippen molar-refractivity contribution in [3.8, 4) is 11.4 Å². The molecule has 7 nitrogen and oxygen atoms in total. The fourth-order valence-corrected chi connectivity index (χ4v) is 3.02. The quantitative estimate of drug-likeness (QED) is 0.723. The van der Waals surface area contributed by atoms with E-state index >= 15 is 0 Å². The molecule has 0 saturated heterocycles. The van der Waals surface area contributed by atoms with E-state index in [9.17, 15) is 4.79 Å². The maximum absolute atomic E-state index is 12.4. The molecule has 1 aromatic heterocycles. The smallest absolute Gasteiger partial charge is 0.321 e. The van der Waals surface area contributed by atoms with Crippen LogP contribution in [-0.4, -0.2) is 38.2 Å². The number of urea groups is 1. The van der Waals surface area contributed by atoms with Crippen molar-refractivity contribution in [3.05, 3.63) is 59.1 Å². The highest BCUT2D eigenvalue weighted by Gasteiger charge is 2.28. The number of hydrogen-bond donors (Lipinski definition) is 1. The van der Waals surface area contributed by atoms with Crippen LogP contribution in [0.15, 0.2) is 48.5 Å². The lowest BCUT2D eigenvalue weighted by Crippen LogP contribution is -2.30. The molecule has 4 rings (SSSR count). The zero-order valence-corrected chi connectivity index (χ0v) is 15.6. The minimum Gasteiger partial charge on any atom is -0.323 e. The number of rotatable bonds is 5. The van der Waals surface area contributed by atoms with Gasteiger partial charge in [-0.3, -0.25) is 0 Å². The van der Waals surface area contributed by atoms with Crippen LogP contribution in [0.1, 0.15) is 24.4 Å². The summed E-state index contributed by atoms with van der Waals surface area (Å²) in [5, 5.41) is 15.5. The predicted octanol–water partition coefficient (Wildman–Crippen LogP) is 3.99. The molecule has 2 aromatic carbocycles. The third-order valence-corrected chi connectivity index (χ3v) is 4.86. The highest BCUT2D eigenvalue weighted by atomic mass is 35.5. The van der Waals surface area contributed by atoms with Gasteiger partial charge in [-0.1, -0.05) is 29.8 Å². The lowest BCUT2D eigenvalue weighted by atomic mass is 10.2. The minimum atomic E-state index is -0.203. The van der Waals surface area contributed by atoms with Gasteiger partial charge in [0.25, 0.3) is 0 Å². The van der Waals surface area contributed by atoms with E-state index < -0.39 is 0 Å². The van der Waals surface area contributed by atoms with Gasteiger partial charge in [-0.05, 0) is 59.2 Å². The van der Waals surface area contributed by atoms with Gasteiger partial charge in [-0.15, -0.1) is 5.10 Å². The van der Waals surface area contributed by atoms with E-state index in [1.165, 1.54) is 0 Å². The second-order valence-electron chi connectivity index (χ2n) is 6.63. The number of aromatic nitrogens is 4. The van der Waals surface area contributed by atoms with Gasteiger partial charge in [0, 0.05) is 29.9 Å². The van der Waals surface area contributed by atoms with Crippen molar-refractivity contribution in [3.63, 3.8) is 0 Å². The highest BCUT2D eigenvalue weighted by molar-refractivity contribution is 6.31. The lowest BCUT2D eigenvalue weighted by molar-refractivity contribution is 0.220. The van der Waals surface area contributed by atoms with Gasteiger partial charge >= 0.3 is 6.03 Å². The van der Waals surface area contributed by atoms with Gasteiger partial charge in [0.05, 0.1) is 6.04 Å². The number of anilines is 1. The summed E-state index contributed by atoms with van der Waals surface area (Å²) in [4.78, 5) is 14.0. The van der Waals surface area contributed by atoms with E-state index in [1.807, 2.05) is 53.2 Å². The first-order valence-electron chi connectivity index (χ1n) is 8.75. The molecule has 0 unspecified atom stereocenters. The van der Waals surface area contributed by atoms with E-state index in [0.29, 0.717) is 23.3 Å². The predicted molar refractivity (Wildman–Crippen MR) is 103 cm³/mol. The number of nitrogens with zero attached hydrogens (tertiary/aromatic N) is 5. The third-order valence-electron chi connectivity index (χ3n) is 4.49. The Hall–Kier alpha value is -2.93. The van der Waals surface area contributed by atoms with Crippen molar-refractivity contribution < 1.29 is 4.79 Å². The van der Waals surface area contributed by atoms with Gasteiger partial charge in [0.1, 0.15) is 0 Å². The van der Waals surface area contributed by atoms with Gasteiger partial charge in [-0.2, -0.15) is 0 Å². The number of amides is 2. The summed E-state index contributed by atoms with van der Waals surface area (Å²) in [6.07, 6.45) is 2.23. The first-order valence-corrected chi connectivity index (χ1v) is 9.13. The average Bonchev–Trinajstić information content (AvgIpc) is 3.41. The monoisotopic (exact) mass is 382 g/mol. The van der Waals surface area contributed by atoms with Crippen molar-refractivity contribution in [1.82, 2.24) is 25.1 Å². The van der Waals surface area contributed by atoms with Crippen LogP contribution in [0, 0.1) is 0 Å². The second kappa shape index (κ2) is 7.36. The molecule has 27 heavy (non-hydrogen) atoms. The van der Waals surface area contributed by atoms with Crippen LogP contribution in [0.5, 0.6) is 0 Å². The summed E-state index contributed by atoms with van der Waals surface area (Å²) in [5.74, 6) is 0.756. The minimum absolute atomic E-state index is 0.203. The molecule has 0 aliphatic heterocycles. The third kappa shape index (κ3) is 3.93. The Labute approximate surface area is 161 Å². The molecule has 1 saturated carbocycles. The van der Waals surface area contributed by atoms with E-state index in [2.05, 4.69) is 20.8 Å². The van der Waals surface area contributed by atoms with Gasteiger partial charge in [-0.25, -0.2) is 9.48 Å². The summed E-state index contributed by atoms with van der Waals surface area (Å²) < 4.78 is 1.87. The molecule has 138 valence electrons. The Morgan fingerprint density at radius 3 is 2.67 bits per heavy atom. The van der Waals surface area contributed by atoms with Gasteiger partial charge in [0.2, 0.25) is 0 Å². The highest BCUT2D eigenvalue weighted by Crippen LogP contribution is 2.36. The average molecular weight is 383 g/mol. The van der Waals surface area contributed by atoms with Crippen molar-refractivity contribution in [1.29, 1.82) is 0 Å². The fourth-order valence-electron chi connectivity index (χ4n) is 2.82. The van der Waals surface area contributed by atoms with Crippen molar-refractivity contribution >= 4 is 23.3 Å². The van der Waals surface area contributed by atoms with Crippen LogP contribution in [0.3, 0.4) is 0 Å². The molecular formula is C19H19ClN6O. The maximum atomic E-state index is 12.4. The van der Waals surface area contributed by atoms with E-state index in [4.69, 9.17) is 11.6 Å². The summed E-state index contributed by atoms with van der Waals surface area (Å²) in [7, 11) is 1.73. The van der Waals surface area contributed by atoms with E-state index in [1.54, 1.807) is 11.9 Å². The molecule has 2 amide bonds. The topological polar surface area (TPSA) is 75.9 Å². The molecule has 3 aromatic rings. The van der Waals surface area contributed by atoms with Gasteiger partial charge in [0.15, 0.2) is 5.82 Å². The largest absolute Gasteiger partial charge is 0.323 e. The Kier molecular flexibility index (Phi) is 4.77. The van der Waals surface area contributed by atoms with Crippen LogP contribution in [0.2, 0.25) is 5.02 Å². The molecule has 0 radical (unpaired) electrons. The van der Waals surface area contributed by atoms with Crippen LogP contribution < -0.4 is 5.32 Å². The molecular weight excluding hydrogens is 364 g/mol. The summed E-state index contributed by atoms with van der Waals surface area (Å²) in [5.41, 5.74) is 2.54. The standard InChI is InChI=1S/C19H19ClN6O/c1-25(12-14-4-2-3-5-17(14)20)19(27)21-15-8-6-13(7-9-15)18-22-23-24-26(18)16-10-11-16/h2-9,16H,10-12H2,1H3,(H,21,27). The summed E-state index contributed by atoms with van der Waals surface area (Å²) in [6.45, 7) is 0.430. The Bertz CT molecular complexity index is 951. The van der Waals surface area contributed by atoms with Crippen LogP contribution in [0.4, 0.5) is 10.5 Å². The number of hydrogen-bond acceptors (Lipinski definition) is 4. The molecule has 1 fully saturated rings. The molecule has 1 heterocycles. The van der Waals surface area contributed by atoms with Gasteiger partial charge < -0.3 is 10.2 Å². The first kappa shape index (κ1) is 17.5. The molecule has 1 aliphatic carbocycles. The summed E-state index contributed by atoms with van der Waals surface area (Å²) in [6, 6.07) is 15.2. The maximum Gasteiger partial charge on any atom is 0.321 e. The zero-order valence-electron chi connectivity index (χ0n) is 14.8. The molecule has 0 atom stereocenters. The number of carbonyl (C=O) groups is 1. The number of benzene rings is 2.